The largest absolute Gasteiger partial charge is 0.481 e. The van der Waals surface area contributed by atoms with Gasteiger partial charge in [0.2, 0.25) is 18.5 Å². The number of Topliss-reactive ketones (excluding diaryl/α,β-unsaturated/α-hetero) is 1. The summed E-state index contributed by atoms with van der Waals surface area (Å²) >= 11 is 0. The Balaban J connectivity index is 1.24. The van der Waals surface area contributed by atoms with Crippen LogP contribution in [0.5, 0.6) is 11.5 Å². The number of carbonyl (C=O) groups is 4. The van der Waals surface area contributed by atoms with Crippen molar-refractivity contribution in [2.75, 3.05) is 6.79 Å². The van der Waals surface area contributed by atoms with Gasteiger partial charge < -0.3 is 28.6 Å². The summed E-state index contributed by atoms with van der Waals surface area (Å²) in [4.78, 5) is 59.9. The Hall–Kier alpha value is -5.97. The fourth-order valence-corrected chi connectivity index (χ4v) is 7.18. The maximum atomic E-state index is 14.5. The minimum absolute atomic E-state index is 0.0178. The topological polar surface area (TPSA) is 145 Å². The standard InChI is InChI=1S/C42H40N2O9/c1-26(32(30-19-20-36-37(22-30)51-25-50-36)13-8-16-38-43-34-14-6-7-15-35(34)53-38)44(24-27-17-18-28-9-2-3-10-29(28)21-27)41(48)40(47)33(23-39(45)46)42(49)52-31-11-4-5-12-31/h2-3,6-10,14-22,26,31-33H,4-5,11-13,23-25H2,1H3,(H,45,46)/t26-,32+,33?/m1/s1. The first kappa shape index (κ1) is 35.4. The quantitative estimate of drug-likeness (QED) is 0.0698. The summed E-state index contributed by atoms with van der Waals surface area (Å²) in [5.41, 5.74) is 2.95. The van der Waals surface area contributed by atoms with E-state index in [0.29, 0.717) is 42.2 Å². The number of benzene rings is 4. The Kier molecular flexibility index (Phi) is 10.5. The van der Waals surface area contributed by atoms with Crippen LogP contribution in [0.3, 0.4) is 0 Å². The van der Waals surface area contributed by atoms with Gasteiger partial charge >= 0.3 is 11.9 Å². The molecule has 4 aromatic carbocycles. The predicted molar refractivity (Wildman–Crippen MR) is 196 cm³/mol. The molecular weight excluding hydrogens is 676 g/mol. The zero-order chi connectivity index (χ0) is 36.9. The van der Waals surface area contributed by atoms with E-state index in [4.69, 9.17) is 18.6 Å². The van der Waals surface area contributed by atoms with Crippen molar-refractivity contribution in [2.45, 2.75) is 70.1 Å². The highest BCUT2D eigenvalue weighted by Crippen LogP contribution is 2.38. The molecule has 1 fully saturated rings. The molecule has 1 saturated carbocycles. The van der Waals surface area contributed by atoms with E-state index < -0.39 is 54.0 Å². The van der Waals surface area contributed by atoms with Crippen LogP contribution in [0.25, 0.3) is 27.9 Å². The smallest absolute Gasteiger partial charge is 0.317 e. The van der Waals surface area contributed by atoms with Gasteiger partial charge in [0.25, 0.3) is 5.91 Å². The van der Waals surface area contributed by atoms with Gasteiger partial charge in [-0.15, -0.1) is 0 Å². The third-order valence-electron chi connectivity index (χ3n) is 10.1. The number of nitrogens with zero attached hydrogens (tertiary/aromatic N) is 2. The van der Waals surface area contributed by atoms with Crippen molar-refractivity contribution in [3.05, 3.63) is 108 Å². The van der Waals surface area contributed by atoms with E-state index in [1.54, 1.807) is 6.08 Å². The Morgan fingerprint density at radius 1 is 0.925 bits per heavy atom. The van der Waals surface area contributed by atoms with Crippen molar-refractivity contribution in [1.82, 2.24) is 9.88 Å². The second-order valence-corrected chi connectivity index (χ2v) is 13.6. The highest BCUT2D eigenvalue weighted by atomic mass is 16.7. The van der Waals surface area contributed by atoms with Crippen LogP contribution in [0, 0.1) is 5.92 Å². The minimum atomic E-state index is -1.78. The second kappa shape index (κ2) is 15.7. The number of hydrogen-bond acceptors (Lipinski definition) is 9. The lowest BCUT2D eigenvalue weighted by Gasteiger charge is -2.35. The van der Waals surface area contributed by atoms with Crippen molar-refractivity contribution >= 4 is 51.6 Å². The molecule has 2 heterocycles. The van der Waals surface area contributed by atoms with Gasteiger partial charge in [-0.05, 0) is 97.3 Å². The van der Waals surface area contributed by atoms with Crippen molar-refractivity contribution < 1.29 is 42.9 Å². The van der Waals surface area contributed by atoms with Crippen LogP contribution in [-0.2, 0) is 30.5 Å². The lowest BCUT2D eigenvalue weighted by molar-refractivity contribution is -0.164. The molecule has 1 aliphatic carbocycles. The van der Waals surface area contributed by atoms with E-state index in [1.807, 2.05) is 97.9 Å². The Bertz CT molecular complexity index is 2150. The lowest BCUT2D eigenvalue weighted by Crippen LogP contribution is -2.48. The molecule has 1 unspecified atom stereocenters. The number of hydrogen-bond donors (Lipinski definition) is 1. The van der Waals surface area contributed by atoms with Gasteiger partial charge in [0.15, 0.2) is 17.1 Å². The van der Waals surface area contributed by atoms with Crippen LogP contribution < -0.4 is 9.47 Å². The van der Waals surface area contributed by atoms with Crippen molar-refractivity contribution in [3.63, 3.8) is 0 Å². The molecule has 1 aliphatic heterocycles. The summed E-state index contributed by atoms with van der Waals surface area (Å²) in [5.74, 6) is -5.06. The number of amides is 1. The summed E-state index contributed by atoms with van der Waals surface area (Å²) in [5, 5.41) is 11.7. The van der Waals surface area contributed by atoms with Gasteiger partial charge in [-0.25, -0.2) is 4.98 Å². The molecule has 0 bridgehead atoms. The average Bonchev–Trinajstić information content (AvgIpc) is 3.95. The number of allylic oxidation sites excluding steroid dienone is 1. The number of fused-ring (bicyclic) bond motifs is 3. The summed E-state index contributed by atoms with van der Waals surface area (Å²) in [7, 11) is 0. The van der Waals surface area contributed by atoms with E-state index in [0.717, 1.165) is 40.3 Å². The fourth-order valence-electron chi connectivity index (χ4n) is 7.18. The maximum absolute atomic E-state index is 14.5. The van der Waals surface area contributed by atoms with Gasteiger partial charge in [0.1, 0.15) is 17.5 Å². The number of carboxylic acid groups (broad SMARTS) is 1. The number of aromatic nitrogens is 1. The molecule has 11 heteroatoms. The Labute approximate surface area is 306 Å². The normalized spacial score (nSPS) is 15.8. The third-order valence-corrected chi connectivity index (χ3v) is 10.1. The first-order valence-corrected chi connectivity index (χ1v) is 17.9. The molecule has 5 aromatic rings. The van der Waals surface area contributed by atoms with Gasteiger partial charge in [-0.3, -0.25) is 19.2 Å². The van der Waals surface area contributed by atoms with Crippen LogP contribution in [0.15, 0.2) is 95.4 Å². The number of aliphatic carboxylic acids is 1. The number of carboxylic acids is 1. The van der Waals surface area contributed by atoms with E-state index in [2.05, 4.69) is 4.98 Å². The third kappa shape index (κ3) is 8.09. The molecule has 1 N–H and O–H groups in total. The molecule has 11 nitrogen and oxygen atoms in total. The van der Waals surface area contributed by atoms with Crippen LogP contribution in [-0.4, -0.2) is 57.6 Å². The van der Waals surface area contributed by atoms with E-state index in [9.17, 15) is 24.3 Å². The van der Waals surface area contributed by atoms with Crippen molar-refractivity contribution in [3.8, 4) is 11.5 Å². The zero-order valence-corrected chi connectivity index (χ0v) is 29.3. The summed E-state index contributed by atoms with van der Waals surface area (Å²) in [6, 6.07) is 26.0. The molecule has 2 aliphatic rings. The van der Waals surface area contributed by atoms with Gasteiger partial charge in [0, 0.05) is 18.5 Å². The van der Waals surface area contributed by atoms with Crippen molar-refractivity contribution in [1.29, 1.82) is 0 Å². The van der Waals surface area contributed by atoms with Gasteiger partial charge in [-0.2, -0.15) is 0 Å². The molecule has 3 atom stereocenters. The van der Waals surface area contributed by atoms with Crippen LogP contribution in [0.2, 0.25) is 0 Å². The van der Waals surface area contributed by atoms with Crippen LogP contribution in [0.1, 0.15) is 68.4 Å². The summed E-state index contributed by atoms with van der Waals surface area (Å²) in [6.45, 7) is 1.95. The molecular formula is C42H40N2O9. The number of oxazole rings is 1. The molecule has 53 heavy (non-hydrogen) atoms. The summed E-state index contributed by atoms with van der Waals surface area (Å²) in [6.07, 6.45) is 5.81. The van der Waals surface area contributed by atoms with E-state index in [-0.39, 0.29) is 13.3 Å². The first-order valence-electron chi connectivity index (χ1n) is 17.9. The lowest BCUT2D eigenvalue weighted by atomic mass is 9.87. The molecule has 1 amide bonds. The van der Waals surface area contributed by atoms with Crippen molar-refractivity contribution in [2.24, 2.45) is 5.92 Å². The highest BCUT2D eigenvalue weighted by molar-refractivity contribution is 6.40. The highest BCUT2D eigenvalue weighted by Gasteiger charge is 2.41. The SMILES string of the molecule is C[C@H]([C@H](CC=Cc1nc2ccccc2o1)c1ccc2c(c1)OCO2)N(Cc1ccc2ccccc2c1)C(=O)C(=O)C(CC(=O)O)C(=O)OC1CCCC1. The van der Waals surface area contributed by atoms with E-state index in [1.165, 1.54) is 4.90 Å². The Morgan fingerprint density at radius 3 is 2.47 bits per heavy atom. The molecule has 0 spiro atoms. The second-order valence-electron chi connectivity index (χ2n) is 13.6. The summed E-state index contributed by atoms with van der Waals surface area (Å²) < 4.78 is 22.7. The number of esters is 1. The number of para-hydroxylation sites is 2. The van der Waals surface area contributed by atoms with E-state index >= 15 is 0 Å². The average molecular weight is 717 g/mol. The van der Waals surface area contributed by atoms with Gasteiger partial charge in [-0.1, -0.05) is 60.7 Å². The zero-order valence-electron chi connectivity index (χ0n) is 29.3. The fraction of sp³-hybridized carbons (Fsp3) is 0.310. The molecule has 272 valence electrons. The number of carbonyl (C=O) groups excluding carboxylic acids is 3. The monoisotopic (exact) mass is 716 g/mol. The van der Waals surface area contributed by atoms with Gasteiger partial charge in [0.05, 0.1) is 6.42 Å². The Morgan fingerprint density at radius 2 is 1.68 bits per heavy atom. The molecule has 0 saturated heterocycles. The van der Waals surface area contributed by atoms with Crippen LogP contribution in [0.4, 0.5) is 0 Å². The molecule has 1 aromatic heterocycles. The van der Waals surface area contributed by atoms with Crippen LogP contribution >= 0.6 is 0 Å². The number of rotatable bonds is 14. The predicted octanol–water partition coefficient (Wildman–Crippen LogP) is 7.46. The number of ether oxygens (including phenoxy) is 3. The maximum Gasteiger partial charge on any atom is 0.317 e. The molecule has 0 radical (unpaired) electrons. The minimum Gasteiger partial charge on any atom is -0.481 e. The first-order chi connectivity index (χ1) is 25.7. The number of ketones is 1. The molecule has 7 rings (SSSR count).